The molecule has 35 heavy (non-hydrogen) atoms. The minimum absolute atomic E-state index is 0.163. The van der Waals surface area contributed by atoms with Crippen LogP contribution in [0.25, 0.3) is 11.3 Å². The lowest BCUT2D eigenvalue weighted by molar-refractivity contribution is 0.0134. The summed E-state index contributed by atoms with van der Waals surface area (Å²) in [5, 5.41) is 13.7. The Morgan fingerprint density at radius 1 is 1.17 bits per heavy atom. The van der Waals surface area contributed by atoms with Gasteiger partial charge in [-0.3, -0.25) is 0 Å². The highest BCUT2D eigenvalue weighted by molar-refractivity contribution is 5.87. The van der Waals surface area contributed by atoms with Crippen molar-refractivity contribution in [2.24, 2.45) is 5.92 Å². The molecule has 6 rings (SSSR count). The Labute approximate surface area is 205 Å². The largest absolute Gasteiger partial charge is 0.478 e. The number of carboxylic acids is 1. The lowest BCUT2D eigenvalue weighted by atomic mass is 9.96. The number of ether oxygens (including phenoxy) is 1. The normalized spacial score (nSPS) is 25.7. The van der Waals surface area contributed by atoms with Gasteiger partial charge >= 0.3 is 5.97 Å². The summed E-state index contributed by atoms with van der Waals surface area (Å²) in [7, 11) is 0. The van der Waals surface area contributed by atoms with E-state index in [1.165, 1.54) is 11.8 Å². The van der Waals surface area contributed by atoms with E-state index in [-0.39, 0.29) is 11.7 Å². The van der Waals surface area contributed by atoms with Gasteiger partial charge in [-0.15, -0.1) is 0 Å². The zero-order chi connectivity index (χ0) is 24.1. The molecule has 0 amide bonds. The Bertz CT molecular complexity index is 1230. The van der Waals surface area contributed by atoms with Gasteiger partial charge in [0.2, 0.25) is 0 Å². The molecule has 0 spiro atoms. The molecule has 7 nitrogen and oxygen atoms in total. The molecular formula is C28H31N3O4. The number of hydrogen-bond acceptors (Lipinski definition) is 6. The lowest BCUT2D eigenvalue weighted by Crippen LogP contribution is -2.47. The number of piperidine rings is 1. The van der Waals surface area contributed by atoms with Crippen molar-refractivity contribution < 1.29 is 19.2 Å². The molecule has 2 aliphatic heterocycles. The van der Waals surface area contributed by atoms with Crippen LogP contribution in [0.3, 0.4) is 0 Å². The number of rotatable bonds is 7. The molecule has 1 N–H and O–H groups in total. The predicted molar refractivity (Wildman–Crippen MR) is 131 cm³/mol. The molecule has 4 heterocycles. The first-order chi connectivity index (χ1) is 17.0. The van der Waals surface area contributed by atoms with Gasteiger partial charge in [0, 0.05) is 35.3 Å². The number of aromatic carboxylic acids is 1. The monoisotopic (exact) mass is 473 g/mol. The first-order valence-corrected chi connectivity index (χ1v) is 12.6. The Kier molecular flexibility index (Phi) is 5.60. The summed E-state index contributed by atoms with van der Waals surface area (Å²) in [6.45, 7) is 4.92. The zero-order valence-corrected chi connectivity index (χ0v) is 20.2. The highest BCUT2D eigenvalue weighted by Crippen LogP contribution is 2.46. The summed E-state index contributed by atoms with van der Waals surface area (Å²) in [6, 6.07) is 12.5. The van der Waals surface area contributed by atoms with Crippen molar-refractivity contribution in [2.75, 3.05) is 4.90 Å². The van der Waals surface area contributed by atoms with Crippen molar-refractivity contribution in [2.45, 2.75) is 76.7 Å². The maximum atomic E-state index is 11.2. The van der Waals surface area contributed by atoms with Crippen molar-refractivity contribution in [3.8, 4) is 11.3 Å². The summed E-state index contributed by atoms with van der Waals surface area (Å²) in [5.74, 6) is 1.92. The fraction of sp³-hybridized carbons (Fsp3) is 0.464. The predicted octanol–water partition coefficient (Wildman–Crippen LogP) is 5.58. The molecule has 0 radical (unpaired) electrons. The van der Waals surface area contributed by atoms with Crippen LogP contribution in [0, 0.1) is 12.8 Å². The lowest BCUT2D eigenvalue weighted by Gasteiger charge is -2.40. The van der Waals surface area contributed by atoms with Gasteiger partial charge in [-0.25, -0.2) is 9.78 Å². The molecule has 4 atom stereocenters. The molecule has 1 saturated carbocycles. The van der Waals surface area contributed by atoms with Crippen molar-refractivity contribution in [3.63, 3.8) is 0 Å². The van der Waals surface area contributed by atoms with Gasteiger partial charge in [0.15, 0.2) is 0 Å². The van der Waals surface area contributed by atoms with Crippen LogP contribution >= 0.6 is 0 Å². The SMILES string of the molecule is Cc1ccccc1-c1noc(C2CC2)c1COC1CC2C[C@@H](C)C(C1)N2c1ccc(C(=O)O)cn1. The van der Waals surface area contributed by atoms with Crippen LogP contribution in [-0.2, 0) is 11.3 Å². The average Bonchev–Trinajstić information content (AvgIpc) is 3.58. The van der Waals surface area contributed by atoms with Crippen LogP contribution < -0.4 is 4.90 Å². The van der Waals surface area contributed by atoms with Crippen LogP contribution in [0.5, 0.6) is 0 Å². The fourth-order valence-electron chi connectivity index (χ4n) is 6.01. The first kappa shape index (κ1) is 22.3. The number of pyridine rings is 1. The number of aryl methyl sites for hydroxylation is 1. The quantitative estimate of drug-likeness (QED) is 0.479. The van der Waals surface area contributed by atoms with E-state index in [0.717, 1.165) is 60.5 Å². The van der Waals surface area contributed by atoms with Gasteiger partial charge in [0.1, 0.15) is 17.3 Å². The van der Waals surface area contributed by atoms with Crippen molar-refractivity contribution in [1.29, 1.82) is 0 Å². The highest BCUT2D eigenvalue weighted by Gasteiger charge is 2.46. The molecule has 2 saturated heterocycles. The zero-order valence-electron chi connectivity index (χ0n) is 20.2. The third-order valence-electron chi connectivity index (χ3n) is 7.98. The fourth-order valence-corrected chi connectivity index (χ4v) is 6.01. The van der Waals surface area contributed by atoms with Crippen LogP contribution in [-0.4, -0.2) is 39.4 Å². The maximum absolute atomic E-state index is 11.2. The van der Waals surface area contributed by atoms with Crippen molar-refractivity contribution in [3.05, 3.63) is 65.0 Å². The van der Waals surface area contributed by atoms with E-state index in [4.69, 9.17) is 9.26 Å². The molecule has 1 aromatic carbocycles. The summed E-state index contributed by atoms with van der Waals surface area (Å²) >= 11 is 0. The minimum atomic E-state index is -0.947. The highest BCUT2D eigenvalue weighted by atomic mass is 16.5. The van der Waals surface area contributed by atoms with Crippen molar-refractivity contribution in [1.82, 2.24) is 10.1 Å². The Morgan fingerprint density at radius 2 is 2.00 bits per heavy atom. The maximum Gasteiger partial charge on any atom is 0.337 e. The van der Waals surface area contributed by atoms with Gasteiger partial charge < -0.3 is 19.3 Å². The number of benzene rings is 1. The van der Waals surface area contributed by atoms with E-state index < -0.39 is 5.97 Å². The molecule has 7 heteroatoms. The summed E-state index contributed by atoms with van der Waals surface area (Å²) in [6.07, 6.45) is 6.91. The van der Waals surface area contributed by atoms with Crippen LogP contribution in [0.1, 0.15) is 72.2 Å². The van der Waals surface area contributed by atoms with E-state index in [0.29, 0.717) is 30.5 Å². The second kappa shape index (κ2) is 8.79. The molecular weight excluding hydrogens is 442 g/mol. The van der Waals surface area contributed by atoms with E-state index in [9.17, 15) is 9.90 Å². The van der Waals surface area contributed by atoms with E-state index in [2.05, 4.69) is 41.0 Å². The molecule has 2 bridgehead atoms. The smallest absolute Gasteiger partial charge is 0.337 e. The number of carboxylic acid groups (broad SMARTS) is 1. The number of carbonyl (C=O) groups is 1. The first-order valence-electron chi connectivity index (χ1n) is 12.6. The van der Waals surface area contributed by atoms with Crippen LogP contribution in [0.15, 0.2) is 47.1 Å². The Balaban J connectivity index is 1.20. The second-order valence-corrected chi connectivity index (χ2v) is 10.4. The van der Waals surface area contributed by atoms with Crippen molar-refractivity contribution >= 4 is 11.8 Å². The van der Waals surface area contributed by atoms with Crippen LogP contribution in [0.4, 0.5) is 5.82 Å². The van der Waals surface area contributed by atoms with Gasteiger partial charge in [0.05, 0.1) is 18.3 Å². The minimum Gasteiger partial charge on any atom is -0.478 e. The number of nitrogens with zero attached hydrogens (tertiary/aromatic N) is 3. The number of fused-ring (bicyclic) bond motifs is 2. The molecule has 3 fully saturated rings. The molecule has 3 aromatic rings. The summed E-state index contributed by atoms with van der Waals surface area (Å²) in [4.78, 5) is 18.1. The van der Waals surface area contributed by atoms with Gasteiger partial charge in [-0.05, 0) is 62.6 Å². The molecule has 182 valence electrons. The van der Waals surface area contributed by atoms with Gasteiger partial charge in [0.25, 0.3) is 0 Å². The van der Waals surface area contributed by atoms with E-state index >= 15 is 0 Å². The standard InChI is InChI=1S/C28H31N3O4/c1-16-5-3-4-6-22(16)26-23(27(35-30-26)18-7-8-18)15-34-21-12-20-11-17(2)24(13-21)31(20)25-10-9-19(14-29-25)28(32)33/h3-6,9-10,14,17-18,20-21,24H,7-8,11-13,15H2,1-2H3,(H,32,33)/t17-,20?,21?,24?/m1/s1. The molecule has 1 aliphatic carbocycles. The third kappa shape index (κ3) is 4.12. The van der Waals surface area contributed by atoms with Crippen LogP contribution in [0.2, 0.25) is 0 Å². The molecule has 2 aromatic heterocycles. The molecule has 3 unspecified atom stereocenters. The summed E-state index contributed by atoms with van der Waals surface area (Å²) in [5.41, 5.74) is 4.54. The van der Waals surface area contributed by atoms with Gasteiger partial charge in [-0.2, -0.15) is 0 Å². The number of hydrogen-bond donors (Lipinski definition) is 1. The topological polar surface area (TPSA) is 88.7 Å². The van der Waals surface area contributed by atoms with E-state index in [1.807, 2.05) is 18.2 Å². The number of anilines is 1. The third-order valence-corrected chi connectivity index (χ3v) is 7.98. The van der Waals surface area contributed by atoms with E-state index in [1.54, 1.807) is 6.07 Å². The Morgan fingerprint density at radius 3 is 2.69 bits per heavy atom. The van der Waals surface area contributed by atoms with Gasteiger partial charge in [-0.1, -0.05) is 36.3 Å². The summed E-state index contributed by atoms with van der Waals surface area (Å²) < 4.78 is 12.4. The average molecular weight is 474 g/mol. The second-order valence-electron chi connectivity index (χ2n) is 10.4. The molecule has 3 aliphatic rings. The Hall–Kier alpha value is -3.19. The number of aromatic nitrogens is 2.